The molecule has 0 aliphatic rings. The molecule has 78 valence electrons. The van der Waals surface area contributed by atoms with Crippen LogP contribution in [0, 0.1) is 0 Å². The third-order valence-electron chi connectivity index (χ3n) is 1.87. The SMILES string of the molecule is CCNC(=O)CCNC(CC)CO. The topological polar surface area (TPSA) is 61.4 Å². The molecule has 1 atom stereocenters. The van der Waals surface area contributed by atoms with Crippen LogP contribution in [0.3, 0.4) is 0 Å². The molecule has 1 unspecified atom stereocenters. The minimum Gasteiger partial charge on any atom is -0.395 e. The fourth-order valence-corrected chi connectivity index (χ4v) is 1.01. The van der Waals surface area contributed by atoms with Crippen LogP contribution in [0.5, 0.6) is 0 Å². The molecule has 13 heavy (non-hydrogen) atoms. The second-order valence-electron chi connectivity index (χ2n) is 2.95. The lowest BCUT2D eigenvalue weighted by atomic mass is 10.2. The third kappa shape index (κ3) is 6.54. The number of amides is 1. The molecule has 0 spiro atoms. The zero-order valence-corrected chi connectivity index (χ0v) is 8.47. The summed E-state index contributed by atoms with van der Waals surface area (Å²) in [6.07, 6.45) is 1.36. The summed E-state index contributed by atoms with van der Waals surface area (Å²) in [6, 6.07) is 0.120. The van der Waals surface area contributed by atoms with Crippen molar-refractivity contribution in [1.29, 1.82) is 0 Å². The van der Waals surface area contributed by atoms with E-state index in [1.54, 1.807) is 0 Å². The second kappa shape index (κ2) is 8.01. The van der Waals surface area contributed by atoms with Crippen molar-refractivity contribution in [1.82, 2.24) is 10.6 Å². The quantitative estimate of drug-likeness (QED) is 0.521. The van der Waals surface area contributed by atoms with Crippen molar-refractivity contribution in [2.75, 3.05) is 19.7 Å². The first-order valence-corrected chi connectivity index (χ1v) is 4.85. The predicted molar refractivity (Wildman–Crippen MR) is 52.5 cm³/mol. The van der Waals surface area contributed by atoms with Gasteiger partial charge in [-0.15, -0.1) is 0 Å². The molecule has 4 heteroatoms. The summed E-state index contributed by atoms with van der Waals surface area (Å²) in [5.41, 5.74) is 0. The number of aliphatic hydroxyl groups excluding tert-OH is 1. The van der Waals surface area contributed by atoms with Crippen molar-refractivity contribution in [3.05, 3.63) is 0 Å². The number of rotatable bonds is 7. The maximum absolute atomic E-state index is 11.0. The Morgan fingerprint density at radius 3 is 2.62 bits per heavy atom. The fourth-order valence-electron chi connectivity index (χ4n) is 1.01. The van der Waals surface area contributed by atoms with Crippen LogP contribution in [-0.4, -0.2) is 36.8 Å². The van der Waals surface area contributed by atoms with E-state index >= 15 is 0 Å². The highest BCUT2D eigenvalue weighted by Gasteiger charge is 2.04. The Morgan fingerprint density at radius 1 is 1.46 bits per heavy atom. The lowest BCUT2D eigenvalue weighted by Crippen LogP contribution is -2.35. The Hall–Kier alpha value is -0.610. The van der Waals surface area contributed by atoms with Gasteiger partial charge in [-0.1, -0.05) is 6.92 Å². The van der Waals surface area contributed by atoms with E-state index in [0.717, 1.165) is 6.42 Å². The zero-order valence-electron chi connectivity index (χ0n) is 8.47. The molecule has 0 aromatic rings. The minimum absolute atomic E-state index is 0.0581. The maximum Gasteiger partial charge on any atom is 0.221 e. The number of carbonyl (C=O) groups is 1. The summed E-state index contributed by atoms with van der Waals surface area (Å²) in [6.45, 7) is 5.33. The summed E-state index contributed by atoms with van der Waals surface area (Å²) in [7, 11) is 0. The standard InChI is InChI=1S/C9H20N2O2/c1-3-8(7-12)11-6-5-9(13)10-4-2/h8,11-12H,3-7H2,1-2H3,(H,10,13). The van der Waals surface area contributed by atoms with Crippen molar-refractivity contribution in [3.8, 4) is 0 Å². The molecule has 0 aliphatic carbocycles. The van der Waals surface area contributed by atoms with Gasteiger partial charge in [-0.2, -0.15) is 0 Å². The van der Waals surface area contributed by atoms with E-state index in [-0.39, 0.29) is 18.6 Å². The molecule has 1 amide bonds. The first-order valence-electron chi connectivity index (χ1n) is 4.85. The van der Waals surface area contributed by atoms with Crippen LogP contribution in [-0.2, 0) is 4.79 Å². The van der Waals surface area contributed by atoms with Crippen LogP contribution < -0.4 is 10.6 Å². The van der Waals surface area contributed by atoms with Crippen LogP contribution in [0.25, 0.3) is 0 Å². The summed E-state index contributed by atoms with van der Waals surface area (Å²) >= 11 is 0. The van der Waals surface area contributed by atoms with E-state index in [9.17, 15) is 4.79 Å². The molecule has 0 bridgehead atoms. The van der Waals surface area contributed by atoms with Gasteiger partial charge in [0.1, 0.15) is 0 Å². The van der Waals surface area contributed by atoms with E-state index in [0.29, 0.717) is 19.5 Å². The molecule has 0 aromatic heterocycles. The number of carbonyl (C=O) groups excluding carboxylic acids is 1. The molecule has 0 aromatic carbocycles. The van der Waals surface area contributed by atoms with E-state index in [2.05, 4.69) is 10.6 Å². The van der Waals surface area contributed by atoms with Crippen LogP contribution >= 0.6 is 0 Å². The molecule has 3 N–H and O–H groups in total. The molecule has 0 fully saturated rings. The highest BCUT2D eigenvalue weighted by molar-refractivity contribution is 5.75. The van der Waals surface area contributed by atoms with Gasteiger partial charge in [0.2, 0.25) is 5.91 Å². The van der Waals surface area contributed by atoms with Crippen LogP contribution in [0.1, 0.15) is 26.7 Å². The van der Waals surface area contributed by atoms with E-state index < -0.39 is 0 Å². The first kappa shape index (κ1) is 12.4. The third-order valence-corrected chi connectivity index (χ3v) is 1.87. The smallest absolute Gasteiger partial charge is 0.221 e. The van der Waals surface area contributed by atoms with Crippen molar-refractivity contribution in [2.45, 2.75) is 32.7 Å². The van der Waals surface area contributed by atoms with Gasteiger partial charge in [0, 0.05) is 25.6 Å². The second-order valence-corrected chi connectivity index (χ2v) is 2.95. The molecular weight excluding hydrogens is 168 g/mol. The Balaban J connectivity index is 3.37. The van der Waals surface area contributed by atoms with Crippen LogP contribution in [0.2, 0.25) is 0 Å². The van der Waals surface area contributed by atoms with Gasteiger partial charge in [0.05, 0.1) is 6.61 Å². The number of nitrogens with one attached hydrogen (secondary N) is 2. The Morgan fingerprint density at radius 2 is 2.15 bits per heavy atom. The highest BCUT2D eigenvalue weighted by atomic mass is 16.3. The monoisotopic (exact) mass is 188 g/mol. The Labute approximate surface area is 79.7 Å². The van der Waals surface area contributed by atoms with E-state index in [1.807, 2.05) is 13.8 Å². The first-order chi connectivity index (χ1) is 6.24. The number of aliphatic hydroxyl groups is 1. The zero-order chi connectivity index (χ0) is 10.1. The average molecular weight is 188 g/mol. The van der Waals surface area contributed by atoms with Crippen molar-refractivity contribution in [3.63, 3.8) is 0 Å². The number of hydrogen-bond donors (Lipinski definition) is 3. The molecule has 0 aliphatic heterocycles. The van der Waals surface area contributed by atoms with Gasteiger partial charge >= 0.3 is 0 Å². The minimum atomic E-state index is 0.0581. The predicted octanol–water partition coefficient (Wildman–Crippen LogP) is -0.127. The van der Waals surface area contributed by atoms with Crippen LogP contribution in [0.15, 0.2) is 0 Å². The summed E-state index contributed by atoms with van der Waals surface area (Å²) in [5.74, 6) is 0.0581. The lowest BCUT2D eigenvalue weighted by molar-refractivity contribution is -0.120. The van der Waals surface area contributed by atoms with E-state index in [4.69, 9.17) is 5.11 Å². The summed E-state index contributed by atoms with van der Waals surface area (Å²) in [4.78, 5) is 11.0. The molecule has 0 heterocycles. The largest absolute Gasteiger partial charge is 0.395 e. The molecule has 0 saturated heterocycles. The average Bonchev–Trinajstić information content (AvgIpc) is 2.13. The summed E-state index contributed by atoms with van der Waals surface area (Å²) in [5, 5.41) is 14.6. The molecular formula is C9H20N2O2. The summed E-state index contributed by atoms with van der Waals surface area (Å²) < 4.78 is 0. The van der Waals surface area contributed by atoms with Crippen LogP contribution in [0.4, 0.5) is 0 Å². The fraction of sp³-hybridized carbons (Fsp3) is 0.889. The van der Waals surface area contributed by atoms with Gasteiger partial charge in [0.15, 0.2) is 0 Å². The Kier molecular flexibility index (Phi) is 7.63. The molecule has 4 nitrogen and oxygen atoms in total. The van der Waals surface area contributed by atoms with Gasteiger partial charge in [-0.3, -0.25) is 4.79 Å². The van der Waals surface area contributed by atoms with Gasteiger partial charge in [-0.05, 0) is 13.3 Å². The van der Waals surface area contributed by atoms with Crippen molar-refractivity contribution >= 4 is 5.91 Å². The Bertz CT molecular complexity index is 136. The number of hydrogen-bond acceptors (Lipinski definition) is 3. The van der Waals surface area contributed by atoms with Crippen molar-refractivity contribution in [2.24, 2.45) is 0 Å². The molecule has 0 saturated carbocycles. The van der Waals surface area contributed by atoms with Gasteiger partial charge < -0.3 is 15.7 Å². The molecule has 0 rings (SSSR count). The highest BCUT2D eigenvalue weighted by Crippen LogP contribution is 1.88. The van der Waals surface area contributed by atoms with Gasteiger partial charge in [-0.25, -0.2) is 0 Å². The maximum atomic E-state index is 11.0. The van der Waals surface area contributed by atoms with Crippen molar-refractivity contribution < 1.29 is 9.90 Å². The lowest BCUT2D eigenvalue weighted by Gasteiger charge is -2.13. The molecule has 0 radical (unpaired) electrons. The van der Waals surface area contributed by atoms with Gasteiger partial charge in [0.25, 0.3) is 0 Å². The normalized spacial score (nSPS) is 12.5. The van der Waals surface area contributed by atoms with E-state index in [1.165, 1.54) is 0 Å².